The van der Waals surface area contributed by atoms with E-state index >= 15 is 0 Å². The Balaban J connectivity index is 1.77. The van der Waals surface area contributed by atoms with Crippen LogP contribution < -0.4 is 9.47 Å². The molecule has 0 saturated carbocycles. The summed E-state index contributed by atoms with van der Waals surface area (Å²) in [6, 6.07) is 16.5. The van der Waals surface area contributed by atoms with Crippen LogP contribution in [-0.4, -0.2) is 42.5 Å². The third kappa shape index (κ3) is 4.92. The molecule has 8 heteroatoms. The summed E-state index contributed by atoms with van der Waals surface area (Å²) in [5, 5.41) is 11.9. The minimum atomic E-state index is -0.879. The molecule has 3 aromatic carbocycles. The molecule has 186 valence electrons. The van der Waals surface area contributed by atoms with Gasteiger partial charge >= 0.3 is 0 Å². The average Bonchev–Trinajstić information content (AvgIpc) is 3.12. The Kier molecular flexibility index (Phi) is 7.57. The van der Waals surface area contributed by atoms with E-state index in [1.807, 2.05) is 31.2 Å². The molecule has 0 radical (unpaired) electrons. The third-order valence-corrected chi connectivity index (χ3v) is 6.77. The van der Waals surface area contributed by atoms with Gasteiger partial charge in [0.15, 0.2) is 11.5 Å². The van der Waals surface area contributed by atoms with Crippen LogP contribution in [0.15, 0.2) is 66.2 Å². The molecule has 6 nitrogen and oxygen atoms in total. The number of ether oxygens (including phenoxy) is 2. The number of amides is 1. The van der Waals surface area contributed by atoms with E-state index in [0.29, 0.717) is 39.1 Å². The highest BCUT2D eigenvalue weighted by Gasteiger charge is 2.46. The van der Waals surface area contributed by atoms with Crippen molar-refractivity contribution >= 4 is 40.7 Å². The maximum Gasteiger partial charge on any atom is 0.295 e. The van der Waals surface area contributed by atoms with Crippen molar-refractivity contribution in [2.45, 2.75) is 19.4 Å². The predicted molar refractivity (Wildman–Crippen MR) is 140 cm³/mol. The zero-order chi connectivity index (χ0) is 26.0. The van der Waals surface area contributed by atoms with Gasteiger partial charge < -0.3 is 19.5 Å². The molecule has 1 N–H and O–H groups in total. The maximum atomic E-state index is 13.2. The second kappa shape index (κ2) is 10.6. The van der Waals surface area contributed by atoms with Gasteiger partial charge in [0, 0.05) is 22.2 Å². The van der Waals surface area contributed by atoms with Crippen molar-refractivity contribution in [2.75, 3.05) is 20.8 Å². The van der Waals surface area contributed by atoms with Gasteiger partial charge in [-0.15, -0.1) is 0 Å². The van der Waals surface area contributed by atoms with E-state index in [4.69, 9.17) is 32.7 Å². The normalized spacial score (nSPS) is 16.9. The van der Waals surface area contributed by atoms with Crippen molar-refractivity contribution in [1.29, 1.82) is 0 Å². The standard InChI is InChI=1S/C28H25Cl2NO5/c1-16-4-7-18(8-5-16)26(32)24-25(20-10-9-19(29)15-21(20)30)31(28(34)27(24)33)13-12-17-6-11-22(35-2)23(14-17)36-3/h4-11,14-15,25,32H,12-13H2,1-3H3/b26-24-. The number of aryl methyl sites for hydroxylation is 1. The van der Waals surface area contributed by atoms with E-state index in [0.717, 1.165) is 11.1 Å². The smallest absolute Gasteiger partial charge is 0.295 e. The number of halogens is 2. The lowest BCUT2D eigenvalue weighted by atomic mass is 9.95. The van der Waals surface area contributed by atoms with Gasteiger partial charge in [0.25, 0.3) is 11.7 Å². The second-order valence-electron chi connectivity index (χ2n) is 8.46. The number of aliphatic hydroxyl groups excluding tert-OH is 1. The van der Waals surface area contributed by atoms with E-state index in [2.05, 4.69) is 0 Å². The molecule has 1 aliphatic heterocycles. The fourth-order valence-corrected chi connectivity index (χ4v) is 4.82. The number of hydrogen-bond acceptors (Lipinski definition) is 5. The molecule has 1 saturated heterocycles. The predicted octanol–water partition coefficient (Wildman–Crippen LogP) is 5.98. The quantitative estimate of drug-likeness (QED) is 0.233. The summed E-state index contributed by atoms with van der Waals surface area (Å²) in [6.07, 6.45) is 0.430. The zero-order valence-electron chi connectivity index (χ0n) is 20.0. The first-order valence-electron chi connectivity index (χ1n) is 11.3. The number of aliphatic hydroxyl groups is 1. The highest BCUT2D eigenvalue weighted by Crippen LogP contribution is 2.42. The van der Waals surface area contributed by atoms with Gasteiger partial charge in [-0.2, -0.15) is 0 Å². The Labute approximate surface area is 219 Å². The monoisotopic (exact) mass is 525 g/mol. The first kappa shape index (κ1) is 25.6. The summed E-state index contributed by atoms with van der Waals surface area (Å²) in [7, 11) is 3.11. The number of Topliss-reactive ketones (excluding diaryl/α,β-unsaturated/α-hetero) is 1. The molecule has 36 heavy (non-hydrogen) atoms. The first-order valence-corrected chi connectivity index (χ1v) is 12.0. The van der Waals surface area contributed by atoms with E-state index in [-0.39, 0.29) is 17.9 Å². The van der Waals surface area contributed by atoms with Crippen LogP contribution in [0.2, 0.25) is 10.0 Å². The van der Waals surface area contributed by atoms with Gasteiger partial charge in [0.2, 0.25) is 0 Å². The van der Waals surface area contributed by atoms with Crippen LogP contribution in [0.1, 0.15) is 28.3 Å². The van der Waals surface area contributed by atoms with Crippen LogP contribution in [0, 0.1) is 6.92 Å². The van der Waals surface area contributed by atoms with Crippen molar-refractivity contribution < 1.29 is 24.2 Å². The van der Waals surface area contributed by atoms with Gasteiger partial charge in [0.05, 0.1) is 25.8 Å². The van der Waals surface area contributed by atoms with Crippen LogP contribution in [0.3, 0.4) is 0 Å². The largest absolute Gasteiger partial charge is 0.507 e. The van der Waals surface area contributed by atoms with Crippen LogP contribution in [0.25, 0.3) is 5.76 Å². The van der Waals surface area contributed by atoms with Crippen molar-refractivity contribution in [3.63, 3.8) is 0 Å². The number of carbonyl (C=O) groups is 2. The Morgan fingerprint density at radius 1 is 0.944 bits per heavy atom. The fraction of sp³-hybridized carbons (Fsp3) is 0.214. The van der Waals surface area contributed by atoms with Gasteiger partial charge in [0.1, 0.15) is 5.76 Å². The summed E-state index contributed by atoms with van der Waals surface area (Å²) in [5.41, 5.74) is 2.81. The Morgan fingerprint density at radius 2 is 1.64 bits per heavy atom. The molecule has 1 unspecified atom stereocenters. The number of methoxy groups -OCH3 is 2. The number of carbonyl (C=O) groups excluding carboxylic acids is 2. The summed E-state index contributed by atoms with van der Waals surface area (Å²) in [5.74, 6) is -0.573. The first-order chi connectivity index (χ1) is 17.2. The summed E-state index contributed by atoms with van der Waals surface area (Å²) in [4.78, 5) is 27.9. The van der Waals surface area contributed by atoms with Crippen molar-refractivity contribution in [3.8, 4) is 11.5 Å². The highest BCUT2D eigenvalue weighted by molar-refractivity contribution is 6.47. The number of likely N-dealkylation sites (tertiary alicyclic amines) is 1. The minimum Gasteiger partial charge on any atom is -0.507 e. The van der Waals surface area contributed by atoms with Gasteiger partial charge in [-0.3, -0.25) is 9.59 Å². The van der Waals surface area contributed by atoms with E-state index in [1.54, 1.807) is 50.6 Å². The molecule has 1 aliphatic rings. The van der Waals surface area contributed by atoms with Gasteiger partial charge in [-0.1, -0.05) is 65.2 Å². The molecule has 1 atom stereocenters. The highest BCUT2D eigenvalue weighted by atomic mass is 35.5. The summed E-state index contributed by atoms with van der Waals surface area (Å²) in [6.45, 7) is 2.12. The topological polar surface area (TPSA) is 76.1 Å². The number of benzene rings is 3. The van der Waals surface area contributed by atoms with Crippen molar-refractivity contribution in [1.82, 2.24) is 4.90 Å². The number of ketones is 1. The summed E-state index contributed by atoms with van der Waals surface area (Å²) < 4.78 is 10.7. The van der Waals surface area contributed by atoms with E-state index in [1.165, 1.54) is 4.90 Å². The molecule has 4 rings (SSSR count). The minimum absolute atomic E-state index is 0.0135. The van der Waals surface area contributed by atoms with Gasteiger partial charge in [-0.05, 0) is 48.7 Å². The maximum absolute atomic E-state index is 13.2. The molecule has 0 aliphatic carbocycles. The number of rotatable bonds is 7. The Hall–Kier alpha value is -3.48. The van der Waals surface area contributed by atoms with E-state index < -0.39 is 17.7 Å². The molecule has 0 bridgehead atoms. The molecule has 0 aromatic heterocycles. The fourth-order valence-electron chi connectivity index (χ4n) is 4.31. The lowest BCUT2D eigenvalue weighted by Gasteiger charge is -2.26. The van der Waals surface area contributed by atoms with Crippen LogP contribution >= 0.6 is 23.2 Å². The van der Waals surface area contributed by atoms with Crippen LogP contribution in [0.4, 0.5) is 0 Å². The van der Waals surface area contributed by atoms with Gasteiger partial charge in [-0.25, -0.2) is 0 Å². The molecular formula is C28H25Cl2NO5. The molecule has 1 heterocycles. The Morgan fingerprint density at radius 3 is 2.28 bits per heavy atom. The second-order valence-corrected chi connectivity index (χ2v) is 9.31. The van der Waals surface area contributed by atoms with E-state index in [9.17, 15) is 14.7 Å². The molecular weight excluding hydrogens is 501 g/mol. The van der Waals surface area contributed by atoms with Crippen LogP contribution in [0.5, 0.6) is 11.5 Å². The van der Waals surface area contributed by atoms with Crippen molar-refractivity contribution in [2.24, 2.45) is 0 Å². The third-order valence-electron chi connectivity index (χ3n) is 6.21. The number of nitrogens with zero attached hydrogens (tertiary/aromatic N) is 1. The molecule has 1 fully saturated rings. The SMILES string of the molecule is COc1ccc(CCN2C(=O)C(=O)/C(=C(\O)c3ccc(C)cc3)C2c2ccc(Cl)cc2Cl)cc1OC. The lowest BCUT2D eigenvalue weighted by molar-refractivity contribution is -0.139. The Bertz CT molecular complexity index is 1350. The van der Waals surface area contributed by atoms with Crippen molar-refractivity contribution in [3.05, 3.63) is 98.5 Å². The molecule has 1 amide bonds. The molecule has 0 spiro atoms. The zero-order valence-corrected chi connectivity index (χ0v) is 21.6. The van der Waals surface area contributed by atoms with Crippen LogP contribution in [-0.2, 0) is 16.0 Å². The average molecular weight is 526 g/mol. The lowest BCUT2D eigenvalue weighted by Crippen LogP contribution is -2.31. The molecule has 3 aromatic rings. The summed E-state index contributed by atoms with van der Waals surface area (Å²) >= 11 is 12.6. The number of hydrogen-bond donors (Lipinski definition) is 1.